The minimum Gasteiger partial charge on any atom is -0.394 e. The molecule has 65 heavy (non-hydrogen) atoms. The van der Waals surface area contributed by atoms with Crippen LogP contribution in [-0.4, -0.2) is 271 Å². The van der Waals surface area contributed by atoms with Crippen molar-refractivity contribution < 1.29 is 136 Å². The number of hydrogen-bond acceptors (Lipinski definition) is 27. The Hall–Kier alpha value is -2.07. The highest BCUT2D eigenvalue weighted by Gasteiger charge is 2.56. The van der Waals surface area contributed by atoms with E-state index < -0.39 is 202 Å². The second kappa shape index (κ2) is 22.6. The number of amides is 2. The zero-order valence-electron chi connectivity index (χ0n) is 34.6. The van der Waals surface area contributed by atoms with Gasteiger partial charge in [-0.15, -0.1) is 0 Å². The number of hydrogen-bond donors (Lipinski definition) is 16. The number of carbonyl (C=O) groups excluding carboxylic acids is 2. The van der Waals surface area contributed by atoms with E-state index in [-0.39, 0.29) is 0 Å². The Bertz CT molecular complexity index is 1670. The van der Waals surface area contributed by atoms with Gasteiger partial charge in [-0.3, -0.25) is 14.1 Å². The lowest BCUT2D eigenvalue weighted by atomic mass is 9.94. The van der Waals surface area contributed by atoms with Gasteiger partial charge in [-0.2, -0.15) is 8.42 Å². The highest BCUT2D eigenvalue weighted by Crippen LogP contribution is 2.35. The summed E-state index contributed by atoms with van der Waals surface area (Å²) in [7, 11) is -5.29. The summed E-state index contributed by atoms with van der Waals surface area (Å²) in [5, 5.41) is 142. The minimum atomic E-state index is -5.29. The van der Waals surface area contributed by atoms with Crippen molar-refractivity contribution in [2.24, 2.45) is 0 Å². The third-order valence-corrected chi connectivity index (χ3v) is 11.7. The summed E-state index contributed by atoms with van der Waals surface area (Å²) in [6.45, 7) is -0.636. The maximum Gasteiger partial charge on any atom is 0.397 e. The maximum atomic E-state index is 12.5. The molecule has 2 amide bonds. The van der Waals surface area contributed by atoms with Crippen LogP contribution in [0.5, 0.6) is 0 Å². The zero-order valence-corrected chi connectivity index (χ0v) is 35.5. The Morgan fingerprint density at radius 3 is 1.57 bits per heavy atom. The SMILES string of the molecule is CC(=O)N[C@@H]1[C@@H](OC2O[C@H](CO)[C@H](O)[C@H](O)[C@H]2O)[C@@H](O)[C@@H](COC2O[C@H](COS(=O)(=O)O)[C@@H](OC3O[C@H](CO)[C@H](O)[C@H](O)[C@H]3OC3O[C@@H](C)[C@@H](O)[C@@H](O)[C@@H]3O)[C@H](O)[C@H]2NC(C)=O)O[C@H]1O. The second-order valence-electron chi connectivity index (χ2n) is 16.0. The molecule has 0 aromatic carbocycles. The molecule has 5 aliphatic heterocycles. The molecule has 0 saturated carbocycles. The van der Waals surface area contributed by atoms with Crippen LogP contribution < -0.4 is 10.6 Å². The minimum absolute atomic E-state index is 0.776. The Kier molecular flexibility index (Phi) is 18.7. The van der Waals surface area contributed by atoms with Gasteiger partial charge < -0.3 is 120 Å². The van der Waals surface area contributed by atoms with Gasteiger partial charge in [-0.1, -0.05) is 0 Å². The summed E-state index contributed by atoms with van der Waals surface area (Å²) < 4.78 is 88.3. The molecule has 0 spiro atoms. The molecule has 378 valence electrons. The van der Waals surface area contributed by atoms with Crippen LogP contribution in [0, 0.1) is 0 Å². The van der Waals surface area contributed by atoms with Crippen molar-refractivity contribution in [2.45, 2.75) is 174 Å². The predicted molar refractivity (Wildman–Crippen MR) is 199 cm³/mol. The number of nitrogens with one attached hydrogen (secondary N) is 2. The Morgan fingerprint density at radius 1 is 0.508 bits per heavy atom. The van der Waals surface area contributed by atoms with E-state index in [1.54, 1.807) is 0 Å². The van der Waals surface area contributed by atoms with Gasteiger partial charge in [0.2, 0.25) is 11.8 Å². The lowest BCUT2D eigenvalue weighted by Gasteiger charge is -2.49. The molecule has 0 aromatic heterocycles. The average Bonchev–Trinajstić information content (AvgIpc) is 3.24. The van der Waals surface area contributed by atoms with Gasteiger partial charge in [0.25, 0.3) is 0 Å². The van der Waals surface area contributed by atoms with E-state index in [9.17, 15) is 88.9 Å². The Balaban J connectivity index is 1.41. The molecule has 5 fully saturated rings. The third-order valence-electron chi connectivity index (χ3n) is 11.3. The number of rotatable bonds is 16. The molecule has 0 bridgehead atoms. The third kappa shape index (κ3) is 12.6. The van der Waals surface area contributed by atoms with Gasteiger partial charge in [0, 0.05) is 13.8 Å². The van der Waals surface area contributed by atoms with Crippen LogP contribution in [-0.2, 0) is 66.8 Å². The van der Waals surface area contributed by atoms with E-state index in [1.807, 2.05) is 0 Å². The summed E-state index contributed by atoms with van der Waals surface area (Å²) in [5.41, 5.74) is 0. The monoisotopic (exact) mass is 974 g/mol. The molecule has 0 aliphatic carbocycles. The first-order valence-electron chi connectivity index (χ1n) is 20.1. The second-order valence-corrected chi connectivity index (χ2v) is 17.1. The van der Waals surface area contributed by atoms with Crippen molar-refractivity contribution in [2.75, 3.05) is 26.4 Å². The quantitative estimate of drug-likeness (QED) is 0.0639. The molecular weight excluding hydrogens is 916 g/mol. The first-order valence-corrected chi connectivity index (χ1v) is 21.5. The molecule has 5 rings (SSSR count). The van der Waals surface area contributed by atoms with E-state index in [1.165, 1.54) is 6.92 Å². The van der Waals surface area contributed by atoms with Gasteiger partial charge in [0.15, 0.2) is 31.5 Å². The fourth-order valence-electron chi connectivity index (χ4n) is 7.80. The highest BCUT2D eigenvalue weighted by atomic mass is 32.3. The molecule has 30 nitrogen and oxygen atoms in total. The molecule has 5 heterocycles. The van der Waals surface area contributed by atoms with Crippen LogP contribution in [0.1, 0.15) is 20.8 Å². The normalized spacial score (nSPS) is 47.5. The van der Waals surface area contributed by atoms with Gasteiger partial charge in [0.1, 0.15) is 116 Å². The molecule has 4 unspecified atom stereocenters. The Labute approximate surface area is 368 Å². The smallest absolute Gasteiger partial charge is 0.394 e. The zero-order chi connectivity index (χ0) is 48.4. The number of aliphatic hydroxyl groups is 13. The summed E-state index contributed by atoms with van der Waals surface area (Å²) in [6.07, 6.45) is -42.8. The standard InChI is InChI=1S/C34H58N2O28S/c1-8-17(41)22(46)25(49)32(57-8)64-29-24(48)19(43)12(5-38)60-34(29)62-27-14(7-56-65(52,53)54)61-31(15(21(27)45)35-9(2)39)55-6-13-20(44)28(16(30(51)58-13)36-10(3)40)63-33-26(50)23(47)18(42)11(4-37)59-33/h8,11-34,37-38,41-51H,4-7H2,1-3H3,(H,35,39)(H,36,40)(H,52,53,54)/t8-,11+,12+,13+,14+,15+,16+,17+,18-,19-,20-,21+,22+,23-,24-,25-,26+,27+,28+,29+,30+,31?,32?,33?,34?/m0/s1. The first kappa shape index (κ1) is 53.9. The maximum absolute atomic E-state index is 12.5. The molecule has 0 aromatic rings. The number of ether oxygens (including phenoxy) is 9. The van der Waals surface area contributed by atoms with Gasteiger partial charge in [-0.25, -0.2) is 4.18 Å². The average molecular weight is 975 g/mol. The fraction of sp³-hybridized carbons (Fsp3) is 0.941. The van der Waals surface area contributed by atoms with Gasteiger partial charge in [-0.05, 0) is 6.92 Å². The van der Waals surface area contributed by atoms with E-state index in [2.05, 4.69) is 14.8 Å². The predicted octanol–water partition coefficient (Wildman–Crippen LogP) is -10.8. The van der Waals surface area contributed by atoms with Crippen LogP contribution >= 0.6 is 0 Å². The number of aliphatic hydroxyl groups excluding tert-OH is 13. The summed E-state index contributed by atoms with van der Waals surface area (Å²) in [6, 6.07) is -3.40. The van der Waals surface area contributed by atoms with Crippen LogP contribution in [0.15, 0.2) is 0 Å². The van der Waals surface area contributed by atoms with E-state index in [4.69, 9.17) is 42.6 Å². The first-order chi connectivity index (χ1) is 30.4. The van der Waals surface area contributed by atoms with Crippen LogP contribution in [0.3, 0.4) is 0 Å². The summed E-state index contributed by atoms with van der Waals surface area (Å²) in [4.78, 5) is 24.6. The molecule has 0 radical (unpaired) electrons. The lowest BCUT2D eigenvalue weighted by molar-refractivity contribution is -0.383. The van der Waals surface area contributed by atoms with E-state index in [0.717, 1.165) is 13.8 Å². The molecule has 5 aliphatic rings. The van der Waals surface area contributed by atoms with Crippen molar-refractivity contribution in [3.63, 3.8) is 0 Å². The van der Waals surface area contributed by atoms with Crippen LogP contribution in [0.25, 0.3) is 0 Å². The summed E-state index contributed by atoms with van der Waals surface area (Å²) in [5.74, 6) is -1.64. The molecular formula is C34H58N2O28S. The van der Waals surface area contributed by atoms with Crippen molar-refractivity contribution in [1.29, 1.82) is 0 Å². The van der Waals surface area contributed by atoms with Gasteiger partial charge >= 0.3 is 10.4 Å². The molecule has 25 atom stereocenters. The Morgan fingerprint density at radius 2 is 1.00 bits per heavy atom. The van der Waals surface area contributed by atoms with E-state index in [0.29, 0.717) is 0 Å². The highest BCUT2D eigenvalue weighted by molar-refractivity contribution is 7.80. The van der Waals surface area contributed by atoms with E-state index >= 15 is 0 Å². The van der Waals surface area contributed by atoms with Crippen molar-refractivity contribution in [1.82, 2.24) is 10.6 Å². The molecule has 5 saturated heterocycles. The fourth-order valence-corrected chi connectivity index (χ4v) is 8.10. The largest absolute Gasteiger partial charge is 0.397 e. The van der Waals surface area contributed by atoms with Gasteiger partial charge in [0.05, 0.1) is 32.5 Å². The topological polar surface area (TPSA) is 468 Å². The van der Waals surface area contributed by atoms with Crippen molar-refractivity contribution >= 4 is 22.2 Å². The van der Waals surface area contributed by atoms with Crippen LogP contribution in [0.4, 0.5) is 0 Å². The number of carbonyl (C=O) groups is 2. The molecule has 16 N–H and O–H groups in total. The van der Waals surface area contributed by atoms with Crippen LogP contribution in [0.2, 0.25) is 0 Å². The lowest BCUT2D eigenvalue weighted by Crippen LogP contribution is -2.69. The van der Waals surface area contributed by atoms with Crippen molar-refractivity contribution in [3.8, 4) is 0 Å². The molecule has 31 heteroatoms. The summed E-state index contributed by atoms with van der Waals surface area (Å²) >= 11 is 0. The van der Waals surface area contributed by atoms with Crippen molar-refractivity contribution in [3.05, 3.63) is 0 Å².